The third kappa shape index (κ3) is 6.19. The first kappa shape index (κ1) is 38.3. The van der Waals surface area contributed by atoms with Crippen LogP contribution < -0.4 is 16.2 Å². The normalized spacial score (nSPS) is 13.3. The lowest BCUT2D eigenvalue weighted by atomic mass is 9.85. The van der Waals surface area contributed by atoms with E-state index in [0.29, 0.717) is 0 Å². The number of nitrogens with zero attached hydrogens (tertiary/aromatic N) is 1. The molecule has 0 saturated heterocycles. The van der Waals surface area contributed by atoms with E-state index in [-0.39, 0.29) is 0 Å². The Bertz CT molecular complexity index is 3560. The fourth-order valence-electron chi connectivity index (χ4n) is 9.72. The van der Waals surface area contributed by atoms with Crippen LogP contribution in [0.1, 0.15) is 30.5 Å². The number of aromatic nitrogens is 1. The highest BCUT2D eigenvalue weighted by atomic mass is 15.0. The summed E-state index contributed by atoms with van der Waals surface area (Å²) < 4.78 is 2.46. The molecule has 0 aliphatic heterocycles. The van der Waals surface area contributed by atoms with Gasteiger partial charge < -0.3 is 10.3 Å². The molecule has 0 radical (unpaired) electrons. The van der Waals surface area contributed by atoms with Crippen LogP contribution in [0.2, 0.25) is 0 Å². The van der Waals surface area contributed by atoms with Gasteiger partial charge >= 0.3 is 0 Å². The summed E-state index contributed by atoms with van der Waals surface area (Å²) in [5, 5.41) is 12.0. The minimum absolute atomic E-state index is 0.911. The van der Waals surface area contributed by atoms with Gasteiger partial charge in [0.15, 0.2) is 0 Å². The standard InChI is InChI=1S/C60H46N2/c1-5-40(6-2)58-51-26-16-18-28-53(51)59(54-29-19-17-27-52(54)58)44-31-33-48-43(36-44)30-35-55-49-34-32-45(37-56(49)62(60(48)55)46-22-12-9-13-23-46)57(42-20-10-8-11-21-42)50-25-15-14-24-47(50)39(4)41(7-3)38-61/h5-38H,1,3,61H2,2,4H3/b40-6+,41-38+,47-39+,57-50+. The van der Waals surface area contributed by atoms with E-state index in [1.807, 2.05) is 12.2 Å². The van der Waals surface area contributed by atoms with Crippen LogP contribution in [-0.4, -0.2) is 4.57 Å². The molecule has 2 nitrogen and oxygen atoms in total. The average molecular weight is 795 g/mol. The summed E-state index contributed by atoms with van der Waals surface area (Å²) in [6.07, 6.45) is 7.61. The van der Waals surface area contributed by atoms with Gasteiger partial charge in [-0.25, -0.2) is 0 Å². The Labute approximate surface area is 362 Å². The van der Waals surface area contributed by atoms with Crippen molar-refractivity contribution < 1.29 is 0 Å². The second kappa shape index (κ2) is 15.9. The molecule has 0 unspecified atom stereocenters. The number of nitrogens with two attached hydrogens (primary N) is 1. The molecule has 9 aromatic carbocycles. The molecule has 10 rings (SSSR count). The lowest BCUT2D eigenvalue weighted by Crippen LogP contribution is -2.29. The summed E-state index contributed by atoms with van der Waals surface area (Å²) in [6, 6.07) is 66.4. The number of benzene rings is 9. The number of hydrogen-bond acceptors (Lipinski definition) is 1. The molecule has 62 heavy (non-hydrogen) atoms. The lowest BCUT2D eigenvalue weighted by molar-refractivity contribution is 1.18. The third-order valence-electron chi connectivity index (χ3n) is 12.6. The molecule has 0 bridgehead atoms. The van der Waals surface area contributed by atoms with Crippen molar-refractivity contribution in [1.29, 1.82) is 0 Å². The Morgan fingerprint density at radius 3 is 1.77 bits per heavy atom. The summed E-state index contributed by atoms with van der Waals surface area (Å²) in [4.78, 5) is 0. The van der Waals surface area contributed by atoms with Gasteiger partial charge in [0, 0.05) is 28.0 Å². The first-order chi connectivity index (χ1) is 30.5. The third-order valence-corrected chi connectivity index (χ3v) is 12.6. The second-order valence-corrected chi connectivity index (χ2v) is 15.8. The molecule has 0 fully saturated rings. The topological polar surface area (TPSA) is 30.9 Å². The maximum atomic E-state index is 6.12. The van der Waals surface area contributed by atoms with Crippen molar-refractivity contribution in [1.82, 2.24) is 4.57 Å². The molecule has 0 atom stereocenters. The van der Waals surface area contributed by atoms with Crippen molar-refractivity contribution in [2.45, 2.75) is 13.8 Å². The van der Waals surface area contributed by atoms with E-state index in [1.165, 1.54) is 65.3 Å². The number of fused-ring (bicyclic) bond motifs is 7. The highest BCUT2D eigenvalue weighted by molar-refractivity contribution is 6.22. The predicted octanol–water partition coefficient (Wildman–Crippen LogP) is 13.9. The van der Waals surface area contributed by atoms with Crippen LogP contribution in [0.3, 0.4) is 0 Å². The van der Waals surface area contributed by atoms with E-state index in [9.17, 15) is 0 Å². The fourth-order valence-corrected chi connectivity index (χ4v) is 9.72. The first-order valence-corrected chi connectivity index (χ1v) is 21.2. The second-order valence-electron chi connectivity index (χ2n) is 15.8. The van der Waals surface area contributed by atoms with Crippen LogP contribution in [0.5, 0.6) is 0 Å². The summed E-state index contributed by atoms with van der Waals surface area (Å²) in [5.74, 6) is 0. The van der Waals surface area contributed by atoms with Crippen LogP contribution in [0, 0.1) is 0 Å². The van der Waals surface area contributed by atoms with Gasteiger partial charge in [0.25, 0.3) is 0 Å². The van der Waals surface area contributed by atoms with Crippen LogP contribution in [-0.2, 0) is 0 Å². The number of allylic oxidation sites excluding steroid dienone is 5. The molecule has 10 aromatic rings. The van der Waals surface area contributed by atoms with E-state index in [4.69, 9.17) is 5.73 Å². The maximum absolute atomic E-state index is 6.12. The van der Waals surface area contributed by atoms with E-state index >= 15 is 0 Å². The molecule has 2 N–H and O–H groups in total. The largest absolute Gasteiger partial charge is 0.404 e. The van der Waals surface area contributed by atoms with Gasteiger partial charge in [0.2, 0.25) is 0 Å². The monoisotopic (exact) mass is 794 g/mol. The van der Waals surface area contributed by atoms with Gasteiger partial charge in [-0.1, -0.05) is 189 Å². The maximum Gasteiger partial charge on any atom is 0.0619 e. The molecule has 296 valence electrons. The van der Waals surface area contributed by atoms with Crippen molar-refractivity contribution in [3.63, 3.8) is 0 Å². The Morgan fingerprint density at radius 1 is 0.532 bits per heavy atom. The highest BCUT2D eigenvalue weighted by Gasteiger charge is 2.20. The Balaban J connectivity index is 1.27. The number of hydrogen-bond donors (Lipinski definition) is 1. The van der Waals surface area contributed by atoms with Gasteiger partial charge in [0.1, 0.15) is 0 Å². The van der Waals surface area contributed by atoms with E-state index in [1.54, 1.807) is 6.20 Å². The van der Waals surface area contributed by atoms with Gasteiger partial charge in [0.05, 0.1) is 11.0 Å². The van der Waals surface area contributed by atoms with E-state index in [0.717, 1.165) is 55.1 Å². The minimum Gasteiger partial charge on any atom is -0.404 e. The SMILES string of the molecule is C=CC(=C\N)/C(C)=c1\cccc\c1=C(\c1ccccc1)c1ccc2c3ccc4cc(-c5c6ccccc6c(/C(C=C)=C/C)c6ccccc56)ccc4c3n(-c3ccccc3)c2c1. The highest BCUT2D eigenvalue weighted by Crippen LogP contribution is 2.44. The van der Waals surface area contributed by atoms with Gasteiger partial charge in [-0.3, -0.25) is 0 Å². The quantitative estimate of drug-likeness (QED) is 0.121. The fraction of sp³-hybridized carbons (Fsp3) is 0.0333. The summed E-state index contributed by atoms with van der Waals surface area (Å²) in [5.41, 5.74) is 19.8. The van der Waals surface area contributed by atoms with E-state index < -0.39 is 0 Å². The molecular formula is C60H46N2. The number of para-hydroxylation sites is 1. The minimum atomic E-state index is 0.911. The molecule has 0 spiro atoms. The molecule has 1 aromatic heterocycles. The zero-order valence-electron chi connectivity index (χ0n) is 35.1. The van der Waals surface area contributed by atoms with Gasteiger partial charge in [-0.2, -0.15) is 0 Å². The van der Waals surface area contributed by atoms with Crippen LogP contribution >= 0.6 is 0 Å². The zero-order valence-corrected chi connectivity index (χ0v) is 35.1. The van der Waals surface area contributed by atoms with Crippen molar-refractivity contribution in [3.05, 3.63) is 252 Å². The van der Waals surface area contributed by atoms with Crippen LogP contribution in [0.15, 0.2) is 225 Å². The van der Waals surface area contributed by atoms with Crippen molar-refractivity contribution in [3.8, 4) is 16.8 Å². The zero-order chi connectivity index (χ0) is 42.3. The number of rotatable bonds is 8. The van der Waals surface area contributed by atoms with Crippen molar-refractivity contribution in [2.24, 2.45) is 5.73 Å². The van der Waals surface area contributed by atoms with Crippen molar-refractivity contribution >= 4 is 70.8 Å². The average Bonchev–Trinajstić information content (AvgIpc) is 3.67. The van der Waals surface area contributed by atoms with Gasteiger partial charge in [-0.05, 0) is 126 Å². The molecule has 0 aliphatic carbocycles. The summed E-state index contributed by atoms with van der Waals surface area (Å²) in [6.45, 7) is 12.5. The lowest BCUT2D eigenvalue weighted by Gasteiger charge is -2.18. The van der Waals surface area contributed by atoms with Crippen LogP contribution in [0.25, 0.3) is 87.7 Å². The molecule has 0 aliphatic rings. The van der Waals surface area contributed by atoms with E-state index in [2.05, 4.69) is 220 Å². The first-order valence-electron chi connectivity index (χ1n) is 21.2. The molecule has 0 saturated carbocycles. The molecular weight excluding hydrogens is 749 g/mol. The smallest absolute Gasteiger partial charge is 0.0619 e. The molecule has 1 heterocycles. The van der Waals surface area contributed by atoms with Crippen LogP contribution in [0.4, 0.5) is 0 Å². The Morgan fingerprint density at radius 2 is 1.13 bits per heavy atom. The van der Waals surface area contributed by atoms with Gasteiger partial charge in [-0.15, -0.1) is 0 Å². The Kier molecular flexibility index (Phi) is 9.82. The predicted molar refractivity (Wildman–Crippen MR) is 268 cm³/mol. The van der Waals surface area contributed by atoms with Crippen molar-refractivity contribution in [2.75, 3.05) is 0 Å². The Hall–Kier alpha value is -7.94. The molecule has 2 heteroatoms. The molecule has 0 amide bonds. The summed E-state index contributed by atoms with van der Waals surface area (Å²) >= 11 is 0. The summed E-state index contributed by atoms with van der Waals surface area (Å²) in [7, 11) is 0.